The number of amides is 1. The monoisotopic (exact) mass is 260 g/mol. The molecule has 0 heterocycles. The quantitative estimate of drug-likeness (QED) is 0.871. The van der Waals surface area contributed by atoms with E-state index in [0.29, 0.717) is 5.56 Å². The minimum Gasteiger partial charge on any atom is -0.352 e. The Morgan fingerprint density at radius 1 is 1.33 bits per heavy atom. The number of rotatable bonds is 4. The number of benzene rings is 1. The first-order valence-corrected chi connectivity index (χ1v) is 5.47. The Hall–Kier alpha value is -1.56. The van der Waals surface area contributed by atoms with Gasteiger partial charge >= 0.3 is 6.18 Å². The molecule has 6 heteroatoms. The molecule has 0 bridgehead atoms. The summed E-state index contributed by atoms with van der Waals surface area (Å²) in [6, 6.07) is 6.54. The van der Waals surface area contributed by atoms with Crippen LogP contribution < -0.4 is 11.1 Å². The Bertz CT molecular complexity index is 392. The van der Waals surface area contributed by atoms with E-state index in [9.17, 15) is 18.0 Å². The Kier molecular flexibility index (Phi) is 4.72. The fourth-order valence-electron chi connectivity index (χ4n) is 1.54. The third kappa shape index (κ3) is 4.75. The first kappa shape index (κ1) is 14.5. The highest BCUT2D eigenvalue weighted by molar-refractivity contribution is 5.83. The summed E-state index contributed by atoms with van der Waals surface area (Å²) in [5, 5.41) is 2.25. The van der Waals surface area contributed by atoms with Crippen molar-refractivity contribution in [1.29, 1.82) is 0 Å². The average molecular weight is 260 g/mol. The highest BCUT2D eigenvalue weighted by Crippen LogP contribution is 2.21. The smallest absolute Gasteiger partial charge is 0.352 e. The second-order valence-corrected chi connectivity index (χ2v) is 4.12. The van der Waals surface area contributed by atoms with Gasteiger partial charge in [0.05, 0.1) is 6.42 Å². The molecule has 100 valence electrons. The Morgan fingerprint density at radius 2 is 1.89 bits per heavy atom. The van der Waals surface area contributed by atoms with Crippen molar-refractivity contribution in [2.75, 3.05) is 0 Å². The number of carbonyl (C=O) groups is 1. The molecule has 2 atom stereocenters. The topological polar surface area (TPSA) is 55.1 Å². The van der Waals surface area contributed by atoms with Crippen molar-refractivity contribution >= 4 is 5.91 Å². The summed E-state index contributed by atoms with van der Waals surface area (Å²) in [6.07, 6.45) is -5.37. The summed E-state index contributed by atoms with van der Waals surface area (Å²) in [5.41, 5.74) is 6.22. The molecule has 1 aromatic rings. The predicted molar refractivity (Wildman–Crippen MR) is 61.6 cm³/mol. The summed E-state index contributed by atoms with van der Waals surface area (Å²) < 4.78 is 36.3. The third-order valence-corrected chi connectivity index (χ3v) is 2.37. The molecular weight excluding hydrogens is 245 g/mol. The van der Waals surface area contributed by atoms with Crippen LogP contribution in [0.2, 0.25) is 0 Å². The van der Waals surface area contributed by atoms with Crippen LogP contribution in [0.3, 0.4) is 0 Å². The van der Waals surface area contributed by atoms with Crippen LogP contribution in [0.1, 0.15) is 24.9 Å². The molecular formula is C12H15F3N2O. The van der Waals surface area contributed by atoms with Crippen LogP contribution in [0, 0.1) is 0 Å². The lowest BCUT2D eigenvalue weighted by Crippen LogP contribution is -2.41. The largest absolute Gasteiger partial charge is 0.391 e. The van der Waals surface area contributed by atoms with Gasteiger partial charge < -0.3 is 11.1 Å². The number of halogens is 3. The molecule has 1 unspecified atom stereocenters. The van der Waals surface area contributed by atoms with Gasteiger partial charge in [0.1, 0.15) is 6.04 Å². The molecule has 0 aliphatic carbocycles. The maximum absolute atomic E-state index is 12.1. The number of carbonyl (C=O) groups excluding carboxylic acids is 1. The lowest BCUT2D eigenvalue weighted by Gasteiger charge is -2.18. The van der Waals surface area contributed by atoms with Gasteiger partial charge in [0.2, 0.25) is 5.91 Å². The molecule has 0 aliphatic rings. The maximum Gasteiger partial charge on any atom is 0.391 e. The molecule has 3 N–H and O–H groups in total. The SMILES string of the molecule is CC(CC(F)(F)F)NC(=O)[C@H](N)c1ccccc1. The molecule has 0 saturated heterocycles. The van der Waals surface area contributed by atoms with Crippen LogP contribution in [0.4, 0.5) is 13.2 Å². The van der Waals surface area contributed by atoms with E-state index in [1.165, 1.54) is 6.92 Å². The average Bonchev–Trinajstić information content (AvgIpc) is 2.26. The van der Waals surface area contributed by atoms with Gasteiger partial charge in [0, 0.05) is 6.04 Å². The van der Waals surface area contributed by atoms with Crippen molar-refractivity contribution in [3.05, 3.63) is 35.9 Å². The van der Waals surface area contributed by atoms with Gasteiger partial charge in [-0.25, -0.2) is 0 Å². The zero-order chi connectivity index (χ0) is 13.8. The van der Waals surface area contributed by atoms with Crippen molar-refractivity contribution in [2.24, 2.45) is 5.73 Å². The fraction of sp³-hybridized carbons (Fsp3) is 0.417. The van der Waals surface area contributed by atoms with Gasteiger partial charge in [0.25, 0.3) is 0 Å². The first-order chi connectivity index (χ1) is 8.29. The highest BCUT2D eigenvalue weighted by Gasteiger charge is 2.31. The molecule has 3 nitrogen and oxygen atoms in total. The van der Waals surface area contributed by atoms with Crippen LogP contribution in [-0.2, 0) is 4.79 Å². The summed E-state index contributed by atoms with van der Waals surface area (Å²) >= 11 is 0. The second-order valence-electron chi connectivity index (χ2n) is 4.12. The van der Waals surface area contributed by atoms with Gasteiger partial charge in [-0.05, 0) is 12.5 Å². The molecule has 1 rings (SSSR count). The third-order valence-electron chi connectivity index (χ3n) is 2.37. The van der Waals surface area contributed by atoms with Crippen LogP contribution in [0.15, 0.2) is 30.3 Å². The van der Waals surface area contributed by atoms with Gasteiger partial charge in [0.15, 0.2) is 0 Å². The summed E-state index contributed by atoms with van der Waals surface area (Å²) in [7, 11) is 0. The second kappa shape index (κ2) is 5.86. The van der Waals surface area contributed by atoms with E-state index in [2.05, 4.69) is 5.32 Å². The molecule has 1 amide bonds. The van der Waals surface area contributed by atoms with Gasteiger partial charge in [-0.3, -0.25) is 4.79 Å². The minimum atomic E-state index is -4.30. The molecule has 0 spiro atoms. The zero-order valence-corrected chi connectivity index (χ0v) is 9.87. The number of nitrogens with two attached hydrogens (primary N) is 1. The van der Waals surface area contributed by atoms with E-state index in [1.54, 1.807) is 30.3 Å². The zero-order valence-electron chi connectivity index (χ0n) is 9.87. The number of nitrogens with one attached hydrogen (secondary N) is 1. The normalized spacial score (nSPS) is 14.9. The van der Waals surface area contributed by atoms with E-state index >= 15 is 0 Å². The summed E-state index contributed by atoms with van der Waals surface area (Å²) in [5.74, 6) is -0.613. The molecule has 0 radical (unpaired) electrons. The maximum atomic E-state index is 12.1. The highest BCUT2D eigenvalue weighted by atomic mass is 19.4. The van der Waals surface area contributed by atoms with Crippen LogP contribution in [-0.4, -0.2) is 18.1 Å². The van der Waals surface area contributed by atoms with Gasteiger partial charge in [-0.15, -0.1) is 0 Å². The Balaban J connectivity index is 2.56. The van der Waals surface area contributed by atoms with E-state index in [0.717, 1.165) is 0 Å². The number of hydrogen-bond donors (Lipinski definition) is 2. The molecule has 0 fully saturated rings. The summed E-state index contributed by atoms with van der Waals surface area (Å²) in [4.78, 5) is 11.6. The molecule has 0 saturated carbocycles. The van der Waals surface area contributed by atoms with E-state index in [-0.39, 0.29) is 0 Å². The van der Waals surface area contributed by atoms with Crippen LogP contribution in [0.25, 0.3) is 0 Å². The van der Waals surface area contributed by atoms with Crippen molar-refractivity contribution in [3.8, 4) is 0 Å². The van der Waals surface area contributed by atoms with E-state index in [4.69, 9.17) is 5.73 Å². The molecule has 1 aromatic carbocycles. The van der Waals surface area contributed by atoms with E-state index in [1.807, 2.05) is 0 Å². The minimum absolute atomic E-state index is 0.564. The van der Waals surface area contributed by atoms with Crippen molar-refractivity contribution < 1.29 is 18.0 Å². The Labute approximate surface area is 103 Å². The van der Waals surface area contributed by atoms with Gasteiger partial charge in [-0.1, -0.05) is 30.3 Å². The number of hydrogen-bond acceptors (Lipinski definition) is 2. The molecule has 0 aliphatic heterocycles. The summed E-state index contributed by atoms with van der Waals surface area (Å²) in [6.45, 7) is 1.29. The van der Waals surface area contributed by atoms with Crippen molar-refractivity contribution in [3.63, 3.8) is 0 Å². The van der Waals surface area contributed by atoms with Crippen LogP contribution in [0.5, 0.6) is 0 Å². The first-order valence-electron chi connectivity index (χ1n) is 5.47. The molecule has 18 heavy (non-hydrogen) atoms. The fourth-order valence-corrected chi connectivity index (χ4v) is 1.54. The Morgan fingerprint density at radius 3 is 2.39 bits per heavy atom. The lowest BCUT2D eigenvalue weighted by molar-refractivity contribution is -0.141. The number of alkyl halides is 3. The molecule has 0 aromatic heterocycles. The van der Waals surface area contributed by atoms with Crippen molar-refractivity contribution in [2.45, 2.75) is 31.6 Å². The van der Waals surface area contributed by atoms with Crippen molar-refractivity contribution in [1.82, 2.24) is 5.32 Å². The van der Waals surface area contributed by atoms with Gasteiger partial charge in [-0.2, -0.15) is 13.2 Å². The van der Waals surface area contributed by atoms with Crippen LogP contribution >= 0.6 is 0 Å². The lowest BCUT2D eigenvalue weighted by atomic mass is 10.1. The standard InChI is InChI=1S/C12H15F3N2O/c1-8(7-12(13,14)15)17-11(18)10(16)9-5-3-2-4-6-9/h2-6,8,10H,7,16H2,1H3,(H,17,18)/t8?,10-/m1/s1. The predicted octanol–water partition coefficient (Wildman–Crippen LogP) is 2.14. The van der Waals surface area contributed by atoms with E-state index < -0.39 is 30.6 Å².